The molecular formula is C4H7N4P. The van der Waals surface area contributed by atoms with Crippen molar-refractivity contribution in [1.82, 2.24) is 4.75 Å². The standard InChI is InChI=1S/C4H7N4P/c5-2-1-9-8-4(7)3(2)6/h1H,6H2,(H4,5,7,8). The Bertz CT molecular complexity index is 204. The van der Waals surface area contributed by atoms with Crippen molar-refractivity contribution < 1.29 is 0 Å². The molecule has 0 unspecified atom stereocenters. The van der Waals surface area contributed by atoms with Crippen molar-refractivity contribution in [2.75, 3.05) is 17.2 Å². The molecule has 5 heteroatoms. The lowest BCUT2D eigenvalue weighted by Crippen LogP contribution is -1.99. The normalized spacial score (nSPS) is 10.2. The summed E-state index contributed by atoms with van der Waals surface area (Å²) >= 11 is 0. The van der Waals surface area contributed by atoms with E-state index in [0.29, 0.717) is 17.2 Å². The molecule has 4 nitrogen and oxygen atoms in total. The minimum absolute atomic E-state index is 0.330. The van der Waals surface area contributed by atoms with Crippen LogP contribution in [0.25, 0.3) is 0 Å². The summed E-state index contributed by atoms with van der Waals surface area (Å²) in [5.41, 5.74) is 17.0. The summed E-state index contributed by atoms with van der Waals surface area (Å²) in [6, 6.07) is 0. The number of nitrogens with two attached hydrogens (primary N) is 3. The van der Waals surface area contributed by atoms with Gasteiger partial charge in [-0.25, -0.2) is 4.75 Å². The third-order valence-electron chi connectivity index (χ3n) is 0.949. The first-order chi connectivity index (χ1) is 4.22. The maximum atomic E-state index is 5.40. The maximum absolute atomic E-state index is 5.40. The van der Waals surface area contributed by atoms with E-state index in [1.54, 1.807) is 5.80 Å². The molecule has 0 amide bonds. The molecule has 0 aliphatic rings. The van der Waals surface area contributed by atoms with E-state index < -0.39 is 0 Å². The summed E-state index contributed by atoms with van der Waals surface area (Å²) in [5.74, 6) is 2.03. The zero-order chi connectivity index (χ0) is 6.85. The van der Waals surface area contributed by atoms with E-state index >= 15 is 0 Å². The molecule has 9 heavy (non-hydrogen) atoms. The fourth-order valence-corrected chi connectivity index (χ4v) is 0.978. The third kappa shape index (κ3) is 1.03. The molecule has 1 rings (SSSR count). The highest BCUT2D eigenvalue weighted by Crippen LogP contribution is 2.22. The molecule has 0 aromatic carbocycles. The number of anilines is 3. The van der Waals surface area contributed by atoms with Gasteiger partial charge in [-0.05, 0) is 0 Å². The van der Waals surface area contributed by atoms with Gasteiger partial charge < -0.3 is 17.2 Å². The third-order valence-corrected chi connectivity index (χ3v) is 1.67. The summed E-state index contributed by atoms with van der Waals surface area (Å²) in [7, 11) is 0.757. The van der Waals surface area contributed by atoms with E-state index in [0.717, 1.165) is 8.35 Å². The zero-order valence-corrected chi connectivity index (χ0v) is 5.60. The van der Waals surface area contributed by atoms with Crippen molar-refractivity contribution in [2.24, 2.45) is 0 Å². The predicted molar refractivity (Wildman–Crippen MR) is 40.0 cm³/mol. The number of nitrogens with zero attached hydrogens (tertiary/aromatic N) is 1. The van der Waals surface area contributed by atoms with Gasteiger partial charge in [0.1, 0.15) is 0 Å². The van der Waals surface area contributed by atoms with E-state index in [9.17, 15) is 0 Å². The van der Waals surface area contributed by atoms with Crippen LogP contribution in [-0.2, 0) is 0 Å². The minimum Gasteiger partial charge on any atom is -0.397 e. The molecule has 0 saturated carbocycles. The van der Waals surface area contributed by atoms with E-state index in [4.69, 9.17) is 17.2 Å². The quantitative estimate of drug-likeness (QED) is 0.489. The number of hydrogen-bond acceptors (Lipinski definition) is 4. The van der Waals surface area contributed by atoms with Crippen LogP contribution in [0.2, 0.25) is 0 Å². The van der Waals surface area contributed by atoms with Crippen LogP contribution >= 0.6 is 8.35 Å². The first kappa shape index (κ1) is 6.11. The Kier molecular flexibility index (Phi) is 1.40. The molecule has 6 N–H and O–H groups in total. The molecule has 0 fully saturated rings. The summed E-state index contributed by atoms with van der Waals surface area (Å²) < 4.78 is 3.81. The van der Waals surface area contributed by atoms with Crippen LogP contribution in [0, 0.1) is 0 Å². The van der Waals surface area contributed by atoms with E-state index in [2.05, 4.69) is 4.75 Å². The Labute approximate surface area is 54.2 Å². The molecular weight excluding hydrogens is 135 g/mol. The SMILES string of the molecule is Nc1cpnc(N)c1N. The molecule has 0 radical (unpaired) electrons. The van der Waals surface area contributed by atoms with Crippen LogP contribution in [0.4, 0.5) is 17.2 Å². The van der Waals surface area contributed by atoms with Gasteiger partial charge in [-0.3, -0.25) is 0 Å². The van der Waals surface area contributed by atoms with Crippen LogP contribution in [-0.4, -0.2) is 4.75 Å². The Balaban J connectivity index is 3.25. The second kappa shape index (κ2) is 2.07. The highest BCUT2D eigenvalue weighted by molar-refractivity contribution is 7.24. The van der Waals surface area contributed by atoms with Gasteiger partial charge in [0.2, 0.25) is 0 Å². The first-order valence-electron chi connectivity index (χ1n) is 2.34. The van der Waals surface area contributed by atoms with Gasteiger partial charge in [0.25, 0.3) is 0 Å². The number of aromatic nitrogens is 1. The van der Waals surface area contributed by atoms with Crippen molar-refractivity contribution in [3.63, 3.8) is 0 Å². The van der Waals surface area contributed by atoms with E-state index in [-0.39, 0.29) is 0 Å². The summed E-state index contributed by atoms with van der Waals surface area (Å²) in [6.45, 7) is 0. The summed E-state index contributed by atoms with van der Waals surface area (Å²) in [6.07, 6.45) is 0. The summed E-state index contributed by atoms with van der Waals surface area (Å²) in [4.78, 5) is 0. The van der Waals surface area contributed by atoms with Crippen LogP contribution < -0.4 is 17.2 Å². The molecule has 0 saturated heterocycles. The molecule has 0 aliphatic carbocycles. The van der Waals surface area contributed by atoms with Gasteiger partial charge in [-0.1, -0.05) is 0 Å². The van der Waals surface area contributed by atoms with Crippen molar-refractivity contribution in [3.05, 3.63) is 5.80 Å². The van der Waals surface area contributed by atoms with E-state index in [1.807, 2.05) is 0 Å². The highest BCUT2D eigenvalue weighted by atomic mass is 31.0. The van der Waals surface area contributed by atoms with Crippen LogP contribution in [0.5, 0.6) is 0 Å². The molecule has 1 aromatic heterocycles. The largest absolute Gasteiger partial charge is 0.397 e. The maximum Gasteiger partial charge on any atom is 0.153 e. The summed E-state index contributed by atoms with van der Waals surface area (Å²) in [5, 5.41) is 0. The van der Waals surface area contributed by atoms with Gasteiger partial charge in [-0.15, -0.1) is 0 Å². The number of nitrogen functional groups attached to an aromatic ring is 3. The first-order valence-corrected chi connectivity index (χ1v) is 3.25. The lowest BCUT2D eigenvalue weighted by molar-refractivity contribution is 1.52. The molecule has 48 valence electrons. The average Bonchev–Trinajstić information content (AvgIpc) is 1.83. The lowest BCUT2D eigenvalue weighted by atomic mass is 10.4. The molecule has 0 atom stereocenters. The number of hydrogen-bond donors (Lipinski definition) is 3. The Morgan fingerprint density at radius 3 is 2.44 bits per heavy atom. The smallest absolute Gasteiger partial charge is 0.153 e. The highest BCUT2D eigenvalue weighted by Gasteiger charge is 1.96. The molecule has 1 aromatic rings. The molecule has 0 spiro atoms. The van der Waals surface area contributed by atoms with Gasteiger partial charge in [0.15, 0.2) is 5.82 Å². The second-order valence-electron chi connectivity index (χ2n) is 1.60. The second-order valence-corrected chi connectivity index (χ2v) is 2.29. The van der Waals surface area contributed by atoms with Crippen molar-refractivity contribution >= 4 is 25.5 Å². The monoisotopic (exact) mass is 142 g/mol. The molecule has 0 aliphatic heterocycles. The molecule has 0 bridgehead atoms. The molecule has 1 heterocycles. The van der Waals surface area contributed by atoms with Crippen LogP contribution in [0.15, 0.2) is 5.80 Å². The fraction of sp³-hybridized carbons (Fsp3) is 0. The van der Waals surface area contributed by atoms with Crippen molar-refractivity contribution in [1.29, 1.82) is 0 Å². The number of rotatable bonds is 0. The van der Waals surface area contributed by atoms with Gasteiger partial charge >= 0.3 is 0 Å². The van der Waals surface area contributed by atoms with Crippen molar-refractivity contribution in [2.45, 2.75) is 0 Å². The predicted octanol–water partition coefficient (Wildman–Crippen LogP) is 0.408. The van der Waals surface area contributed by atoms with E-state index in [1.165, 1.54) is 0 Å². The fourth-order valence-electron chi connectivity index (χ4n) is 0.425. The average molecular weight is 142 g/mol. The lowest BCUT2D eigenvalue weighted by Gasteiger charge is -1.98. The Hall–Kier alpha value is -1.02. The van der Waals surface area contributed by atoms with Crippen molar-refractivity contribution in [3.8, 4) is 0 Å². The minimum atomic E-state index is 0.330. The van der Waals surface area contributed by atoms with Gasteiger partial charge in [0, 0.05) is 14.1 Å². The van der Waals surface area contributed by atoms with Gasteiger partial charge in [0.05, 0.1) is 11.4 Å². The Morgan fingerprint density at radius 1 is 1.33 bits per heavy atom. The topological polar surface area (TPSA) is 90.9 Å². The van der Waals surface area contributed by atoms with Crippen LogP contribution in [0.3, 0.4) is 0 Å². The Morgan fingerprint density at radius 2 is 2.00 bits per heavy atom. The zero-order valence-electron chi connectivity index (χ0n) is 4.70. The van der Waals surface area contributed by atoms with Crippen LogP contribution in [0.1, 0.15) is 0 Å². The van der Waals surface area contributed by atoms with Gasteiger partial charge in [-0.2, -0.15) is 0 Å².